The Labute approximate surface area is 203 Å². The maximum atomic E-state index is 13.4. The van der Waals surface area contributed by atoms with Crippen molar-refractivity contribution in [1.82, 2.24) is 4.31 Å². The van der Waals surface area contributed by atoms with Gasteiger partial charge in [0.1, 0.15) is 6.04 Å². The molecule has 1 aromatic carbocycles. The smallest absolute Gasteiger partial charge is 0.324 e. The van der Waals surface area contributed by atoms with Crippen LogP contribution in [0, 0.1) is 10.1 Å². The molecule has 1 aliphatic rings. The van der Waals surface area contributed by atoms with Gasteiger partial charge < -0.3 is 9.16 Å². The molecule has 2 rings (SSSR count). The molecule has 0 saturated carbocycles. The van der Waals surface area contributed by atoms with Gasteiger partial charge in [0.05, 0.1) is 12.0 Å². The average Bonchev–Trinajstić information content (AvgIpc) is 2.98. The summed E-state index contributed by atoms with van der Waals surface area (Å²) in [6.45, 7) is 11.6. The summed E-state index contributed by atoms with van der Waals surface area (Å²) in [4.78, 5) is 22.8. The number of sulfonamides is 1. The first-order chi connectivity index (χ1) is 15.7. The van der Waals surface area contributed by atoms with Crippen molar-refractivity contribution in [3.8, 4) is 0 Å². The lowest BCUT2D eigenvalue weighted by Gasteiger charge is -2.36. The molecule has 1 aliphatic heterocycles. The van der Waals surface area contributed by atoms with Crippen molar-refractivity contribution in [3.63, 3.8) is 0 Å². The SMILES string of the molecule is COC(=O)[C@@H]1CC=C(CCCO[Si](C)(C)C(C)(C)C)CCN1S(=O)(=O)c1ccccc1[N+](=O)[O-]. The minimum atomic E-state index is -4.31. The van der Waals surface area contributed by atoms with E-state index in [0.29, 0.717) is 13.0 Å². The molecular weight excluding hydrogens is 476 g/mol. The van der Waals surface area contributed by atoms with Gasteiger partial charge in [0.25, 0.3) is 15.7 Å². The lowest BCUT2D eigenvalue weighted by atomic mass is 10.1. The predicted octanol–water partition coefficient (Wildman–Crippen LogP) is 4.65. The molecule has 0 radical (unpaired) electrons. The third-order valence-electron chi connectivity index (χ3n) is 6.66. The summed E-state index contributed by atoms with van der Waals surface area (Å²) in [6.07, 6.45) is 3.97. The van der Waals surface area contributed by atoms with Crippen molar-refractivity contribution in [1.29, 1.82) is 0 Å². The number of hydrogen-bond acceptors (Lipinski definition) is 7. The summed E-state index contributed by atoms with van der Waals surface area (Å²) in [7, 11) is -4.95. The van der Waals surface area contributed by atoms with E-state index in [9.17, 15) is 23.3 Å². The van der Waals surface area contributed by atoms with Gasteiger partial charge in [0.15, 0.2) is 13.2 Å². The summed E-state index contributed by atoms with van der Waals surface area (Å²) in [6, 6.07) is 4.08. The largest absolute Gasteiger partial charge is 0.468 e. The molecule has 0 amide bonds. The first kappa shape index (κ1) is 28.2. The van der Waals surface area contributed by atoms with Crippen molar-refractivity contribution in [3.05, 3.63) is 46.0 Å². The topological polar surface area (TPSA) is 116 Å². The van der Waals surface area contributed by atoms with Crippen LogP contribution < -0.4 is 0 Å². The summed E-state index contributed by atoms with van der Waals surface area (Å²) in [5.41, 5.74) is 0.513. The van der Waals surface area contributed by atoms with Gasteiger partial charge in [0, 0.05) is 19.2 Å². The predicted molar refractivity (Wildman–Crippen MR) is 132 cm³/mol. The molecule has 190 valence electrons. The number of carbonyl (C=O) groups is 1. The van der Waals surface area contributed by atoms with Crippen LogP contribution in [-0.4, -0.2) is 58.2 Å². The van der Waals surface area contributed by atoms with Crippen molar-refractivity contribution >= 4 is 30.0 Å². The summed E-state index contributed by atoms with van der Waals surface area (Å²) in [5, 5.41) is 11.6. The Balaban J connectivity index is 2.19. The van der Waals surface area contributed by atoms with Gasteiger partial charge in [-0.25, -0.2) is 8.42 Å². The number of esters is 1. The highest BCUT2D eigenvalue weighted by Crippen LogP contribution is 2.37. The Morgan fingerprint density at radius 2 is 1.91 bits per heavy atom. The van der Waals surface area contributed by atoms with Gasteiger partial charge >= 0.3 is 5.97 Å². The maximum absolute atomic E-state index is 13.4. The molecule has 0 N–H and O–H groups in total. The van der Waals surface area contributed by atoms with E-state index in [4.69, 9.17) is 9.16 Å². The monoisotopic (exact) mass is 512 g/mol. The van der Waals surface area contributed by atoms with Crippen LogP contribution in [0.1, 0.15) is 46.5 Å². The van der Waals surface area contributed by atoms with E-state index >= 15 is 0 Å². The lowest BCUT2D eigenvalue weighted by Crippen LogP contribution is -2.45. The third kappa shape index (κ3) is 6.53. The standard InChI is InChI=1S/C23H36N2O7SSi/c1-23(2,3)34(5,6)32-17-9-10-18-13-14-20(22(26)31-4)24(16-15-18)33(29,30)21-12-8-7-11-19(21)25(27)28/h7-8,11-13,20H,9-10,14-17H2,1-6H3/t20-/m0/s1. The molecule has 34 heavy (non-hydrogen) atoms. The Kier molecular flexibility index (Phi) is 9.20. The molecular formula is C23H36N2O7SSi. The van der Waals surface area contributed by atoms with Crippen LogP contribution in [0.25, 0.3) is 0 Å². The molecule has 0 fully saturated rings. The van der Waals surface area contributed by atoms with E-state index in [1.54, 1.807) is 0 Å². The summed E-state index contributed by atoms with van der Waals surface area (Å²) >= 11 is 0. The molecule has 1 atom stereocenters. The highest BCUT2D eigenvalue weighted by molar-refractivity contribution is 7.89. The minimum absolute atomic E-state index is 0.0308. The Morgan fingerprint density at radius 1 is 1.26 bits per heavy atom. The minimum Gasteiger partial charge on any atom is -0.468 e. The second kappa shape index (κ2) is 11.1. The molecule has 0 bridgehead atoms. The highest BCUT2D eigenvalue weighted by Gasteiger charge is 2.40. The second-order valence-electron chi connectivity index (χ2n) is 9.94. The van der Waals surface area contributed by atoms with Crippen LogP contribution in [-0.2, 0) is 24.0 Å². The number of hydrogen-bond donors (Lipinski definition) is 0. The lowest BCUT2D eigenvalue weighted by molar-refractivity contribution is -0.387. The Bertz CT molecular complexity index is 1030. The van der Waals surface area contributed by atoms with Crippen molar-refractivity contribution < 1.29 is 27.3 Å². The molecule has 9 nitrogen and oxygen atoms in total. The Morgan fingerprint density at radius 3 is 2.50 bits per heavy atom. The zero-order valence-electron chi connectivity index (χ0n) is 20.9. The van der Waals surface area contributed by atoms with Gasteiger partial charge in [-0.05, 0) is 49.9 Å². The van der Waals surface area contributed by atoms with Gasteiger partial charge in [-0.1, -0.05) is 44.6 Å². The number of benzene rings is 1. The quantitative estimate of drug-likeness (QED) is 0.118. The van der Waals surface area contributed by atoms with Gasteiger partial charge in [-0.3, -0.25) is 14.9 Å². The van der Waals surface area contributed by atoms with Crippen LogP contribution in [0.5, 0.6) is 0 Å². The van der Waals surface area contributed by atoms with Crippen LogP contribution >= 0.6 is 0 Å². The van der Waals surface area contributed by atoms with Crippen LogP contribution in [0.3, 0.4) is 0 Å². The number of para-hydroxylation sites is 1. The fourth-order valence-corrected chi connectivity index (χ4v) is 6.40. The number of nitro benzene ring substituents is 1. The van der Waals surface area contributed by atoms with Gasteiger partial charge in [0.2, 0.25) is 0 Å². The van der Waals surface area contributed by atoms with E-state index < -0.39 is 45.9 Å². The molecule has 0 aromatic heterocycles. The molecule has 11 heteroatoms. The van der Waals surface area contributed by atoms with Crippen molar-refractivity contribution in [2.45, 2.75) is 75.5 Å². The summed E-state index contributed by atoms with van der Waals surface area (Å²) in [5.74, 6) is -0.694. The number of ether oxygens (including phenoxy) is 1. The number of nitro groups is 1. The number of carbonyl (C=O) groups excluding carboxylic acids is 1. The molecule has 0 spiro atoms. The summed E-state index contributed by atoms with van der Waals surface area (Å²) < 4.78 is 39.0. The van der Waals surface area contributed by atoms with Crippen molar-refractivity contribution in [2.75, 3.05) is 20.3 Å². The average molecular weight is 513 g/mol. The number of methoxy groups -OCH3 is 1. The van der Waals surface area contributed by atoms with Crippen LogP contribution in [0.2, 0.25) is 18.1 Å². The third-order valence-corrected chi connectivity index (χ3v) is 13.2. The number of nitrogens with zero attached hydrogens (tertiary/aromatic N) is 2. The molecule has 1 heterocycles. The van der Waals surface area contributed by atoms with Crippen molar-refractivity contribution in [2.24, 2.45) is 0 Å². The zero-order valence-corrected chi connectivity index (χ0v) is 22.7. The van der Waals surface area contributed by atoms with Gasteiger partial charge in [-0.2, -0.15) is 4.31 Å². The maximum Gasteiger partial charge on any atom is 0.324 e. The van der Waals surface area contributed by atoms with Crippen LogP contribution in [0.15, 0.2) is 40.8 Å². The first-order valence-corrected chi connectivity index (χ1v) is 15.7. The normalized spacial score (nSPS) is 18.2. The molecule has 1 aromatic rings. The van der Waals surface area contributed by atoms with E-state index in [0.717, 1.165) is 28.8 Å². The fraction of sp³-hybridized carbons (Fsp3) is 0.609. The van der Waals surface area contributed by atoms with E-state index in [1.165, 1.54) is 25.3 Å². The number of rotatable bonds is 9. The Hall–Kier alpha value is -2.08. The first-order valence-electron chi connectivity index (χ1n) is 11.4. The second-order valence-corrected chi connectivity index (χ2v) is 16.6. The molecule has 0 unspecified atom stereocenters. The van der Waals surface area contributed by atoms with Crippen LogP contribution in [0.4, 0.5) is 5.69 Å². The molecule has 0 aliphatic carbocycles. The van der Waals surface area contributed by atoms with E-state index in [1.807, 2.05) is 6.08 Å². The highest BCUT2D eigenvalue weighted by atomic mass is 32.2. The van der Waals surface area contributed by atoms with Gasteiger partial charge in [-0.15, -0.1) is 0 Å². The zero-order chi connectivity index (χ0) is 25.7. The van der Waals surface area contributed by atoms with E-state index in [2.05, 4.69) is 33.9 Å². The molecule has 0 saturated heterocycles. The van der Waals surface area contributed by atoms with E-state index in [-0.39, 0.29) is 18.0 Å². The fourth-order valence-electron chi connectivity index (χ4n) is 3.57.